The summed E-state index contributed by atoms with van der Waals surface area (Å²) >= 11 is 0. The molecule has 3 rings (SSSR count). The Morgan fingerprint density at radius 2 is 1.73 bits per heavy atom. The van der Waals surface area contributed by atoms with E-state index in [1.807, 2.05) is 30.3 Å². The van der Waals surface area contributed by atoms with E-state index in [-0.39, 0.29) is 17.8 Å². The van der Waals surface area contributed by atoms with Crippen molar-refractivity contribution in [1.29, 1.82) is 0 Å². The predicted molar refractivity (Wildman–Crippen MR) is 115 cm³/mol. The van der Waals surface area contributed by atoms with Crippen LogP contribution in [0.25, 0.3) is 11.1 Å². The van der Waals surface area contributed by atoms with Crippen LogP contribution in [0.1, 0.15) is 35.6 Å². The molecule has 0 saturated carbocycles. The summed E-state index contributed by atoms with van der Waals surface area (Å²) in [7, 11) is 0. The second-order valence-electron chi connectivity index (χ2n) is 6.52. The number of rotatable bonds is 6. The number of hydrogen-bond donors (Lipinski definition) is 1. The molecule has 0 fully saturated rings. The van der Waals surface area contributed by atoms with Crippen molar-refractivity contribution in [3.8, 4) is 34.8 Å². The van der Waals surface area contributed by atoms with Crippen molar-refractivity contribution in [1.82, 2.24) is 14.3 Å². The van der Waals surface area contributed by atoms with E-state index in [0.717, 1.165) is 11.1 Å². The van der Waals surface area contributed by atoms with E-state index in [4.69, 9.17) is 0 Å². The highest BCUT2D eigenvalue weighted by atomic mass is 16.4. The predicted octanol–water partition coefficient (Wildman–Crippen LogP) is 3.05. The van der Waals surface area contributed by atoms with Crippen LogP contribution >= 0.6 is 0 Å². The fraction of sp³-hybridized carbons (Fsp3) is 0.208. The molecule has 0 aliphatic carbocycles. The van der Waals surface area contributed by atoms with Gasteiger partial charge in [0, 0.05) is 0 Å². The second-order valence-corrected chi connectivity index (χ2v) is 6.52. The van der Waals surface area contributed by atoms with Crippen molar-refractivity contribution >= 4 is 5.97 Å². The summed E-state index contributed by atoms with van der Waals surface area (Å²) in [6.07, 6.45) is 0.377. The highest BCUT2D eigenvalue weighted by Gasteiger charge is 2.14. The van der Waals surface area contributed by atoms with Gasteiger partial charge in [0.05, 0.1) is 18.5 Å². The van der Waals surface area contributed by atoms with Gasteiger partial charge in [0.2, 0.25) is 0 Å². The maximum atomic E-state index is 12.8. The van der Waals surface area contributed by atoms with Gasteiger partial charge in [-0.05, 0) is 36.6 Å². The molecule has 0 atom stereocenters. The van der Waals surface area contributed by atoms with E-state index in [9.17, 15) is 14.7 Å². The molecule has 1 heterocycles. The van der Waals surface area contributed by atoms with Gasteiger partial charge in [0.15, 0.2) is 0 Å². The SMILES string of the molecule is CC#CCc1nn(CC#CC)c(=O)n1Cc1ccc(-c2ccccc2C(=O)O)cc1. The number of aromatic carboxylic acids is 1. The first-order valence-corrected chi connectivity index (χ1v) is 9.42. The van der Waals surface area contributed by atoms with E-state index in [1.165, 1.54) is 4.68 Å². The van der Waals surface area contributed by atoms with Gasteiger partial charge in [-0.3, -0.25) is 4.57 Å². The molecule has 1 aromatic heterocycles. The maximum absolute atomic E-state index is 12.8. The average molecular weight is 399 g/mol. The minimum atomic E-state index is -0.967. The molecular weight excluding hydrogens is 378 g/mol. The standard InChI is InChI=1S/C24H21N3O3/c1-3-5-11-22-25-27(16-6-4-2)24(30)26(22)17-18-12-14-19(15-13-18)20-9-7-8-10-21(20)23(28)29/h7-10,12-15H,11,16-17H2,1-2H3,(H,28,29). The molecule has 6 heteroatoms. The lowest BCUT2D eigenvalue weighted by atomic mass is 9.99. The van der Waals surface area contributed by atoms with Crippen LogP contribution in [0, 0.1) is 23.7 Å². The van der Waals surface area contributed by atoms with Crippen LogP contribution < -0.4 is 5.69 Å². The summed E-state index contributed by atoms with van der Waals surface area (Å²) in [4.78, 5) is 24.2. The topological polar surface area (TPSA) is 77.1 Å². The minimum Gasteiger partial charge on any atom is -0.478 e. The van der Waals surface area contributed by atoms with Crippen LogP contribution in [-0.4, -0.2) is 25.4 Å². The molecule has 0 amide bonds. The summed E-state index contributed by atoms with van der Waals surface area (Å²) in [5.74, 6) is 11.0. The normalized spacial score (nSPS) is 9.93. The zero-order valence-corrected chi connectivity index (χ0v) is 16.8. The molecule has 0 saturated heterocycles. The number of nitrogens with zero attached hydrogens (tertiary/aromatic N) is 3. The highest BCUT2D eigenvalue weighted by molar-refractivity contribution is 5.95. The van der Waals surface area contributed by atoms with Crippen molar-refractivity contribution in [3.05, 3.63) is 76.0 Å². The first-order chi connectivity index (χ1) is 14.5. The molecule has 0 unspecified atom stereocenters. The Morgan fingerprint density at radius 3 is 2.40 bits per heavy atom. The maximum Gasteiger partial charge on any atom is 0.347 e. The molecule has 30 heavy (non-hydrogen) atoms. The van der Waals surface area contributed by atoms with Crippen molar-refractivity contribution in [3.63, 3.8) is 0 Å². The Balaban J connectivity index is 1.92. The number of carboxylic acids is 1. The van der Waals surface area contributed by atoms with Crippen LogP contribution in [0.2, 0.25) is 0 Å². The molecule has 6 nitrogen and oxygen atoms in total. The third-order valence-electron chi connectivity index (χ3n) is 4.59. The Morgan fingerprint density at radius 1 is 1.03 bits per heavy atom. The minimum absolute atomic E-state index is 0.231. The Hall–Kier alpha value is -4.03. The van der Waals surface area contributed by atoms with E-state index >= 15 is 0 Å². The fourth-order valence-electron chi connectivity index (χ4n) is 3.09. The molecule has 1 N–H and O–H groups in total. The van der Waals surface area contributed by atoms with E-state index < -0.39 is 5.97 Å². The first kappa shape index (κ1) is 20.7. The molecule has 3 aromatic rings. The van der Waals surface area contributed by atoms with Crippen molar-refractivity contribution in [2.24, 2.45) is 0 Å². The molecule has 0 spiro atoms. The van der Waals surface area contributed by atoms with Gasteiger partial charge < -0.3 is 5.11 Å². The van der Waals surface area contributed by atoms with Gasteiger partial charge >= 0.3 is 11.7 Å². The Labute approximate surface area is 174 Å². The fourth-order valence-corrected chi connectivity index (χ4v) is 3.09. The summed E-state index contributed by atoms with van der Waals surface area (Å²) < 4.78 is 2.95. The summed E-state index contributed by atoms with van der Waals surface area (Å²) in [5, 5.41) is 13.8. The van der Waals surface area contributed by atoms with Gasteiger partial charge in [-0.25, -0.2) is 14.3 Å². The van der Waals surface area contributed by atoms with Crippen LogP contribution in [0.4, 0.5) is 0 Å². The molecule has 0 radical (unpaired) electrons. The molecule has 0 aliphatic rings. The molecule has 0 aliphatic heterocycles. The summed E-state index contributed by atoms with van der Waals surface area (Å²) in [6, 6.07) is 14.4. The monoisotopic (exact) mass is 399 g/mol. The number of hydrogen-bond acceptors (Lipinski definition) is 3. The van der Waals surface area contributed by atoms with Gasteiger partial charge in [-0.1, -0.05) is 54.3 Å². The number of carboxylic acid groups (broad SMARTS) is 1. The second kappa shape index (κ2) is 9.45. The molecule has 150 valence electrons. The zero-order valence-electron chi connectivity index (χ0n) is 16.8. The van der Waals surface area contributed by atoms with E-state index in [0.29, 0.717) is 24.4 Å². The summed E-state index contributed by atoms with van der Waals surface area (Å²) in [6.45, 7) is 4.05. The first-order valence-electron chi connectivity index (χ1n) is 9.42. The smallest absolute Gasteiger partial charge is 0.347 e. The van der Waals surface area contributed by atoms with E-state index in [2.05, 4.69) is 28.8 Å². The van der Waals surface area contributed by atoms with Crippen LogP contribution in [0.15, 0.2) is 53.3 Å². The van der Waals surface area contributed by atoms with Crippen molar-refractivity contribution < 1.29 is 9.90 Å². The van der Waals surface area contributed by atoms with Crippen LogP contribution in [0.5, 0.6) is 0 Å². The quantitative estimate of drug-likeness (QED) is 0.647. The average Bonchev–Trinajstić information content (AvgIpc) is 3.05. The van der Waals surface area contributed by atoms with Gasteiger partial charge in [-0.2, -0.15) is 5.10 Å². The molecule has 0 bridgehead atoms. The van der Waals surface area contributed by atoms with Gasteiger partial charge in [0.25, 0.3) is 0 Å². The third kappa shape index (κ3) is 4.51. The zero-order chi connectivity index (χ0) is 21.5. The lowest BCUT2D eigenvalue weighted by Crippen LogP contribution is -2.25. The van der Waals surface area contributed by atoms with Gasteiger partial charge in [0.1, 0.15) is 12.4 Å². The third-order valence-corrected chi connectivity index (χ3v) is 4.59. The Bertz CT molecular complexity index is 1240. The number of benzene rings is 2. The lowest BCUT2D eigenvalue weighted by molar-refractivity contribution is 0.0697. The van der Waals surface area contributed by atoms with Crippen molar-refractivity contribution in [2.45, 2.75) is 33.4 Å². The number of carbonyl (C=O) groups is 1. The van der Waals surface area contributed by atoms with Crippen molar-refractivity contribution in [2.75, 3.05) is 0 Å². The highest BCUT2D eigenvalue weighted by Crippen LogP contribution is 2.24. The summed E-state index contributed by atoms with van der Waals surface area (Å²) in [5.41, 5.74) is 2.38. The van der Waals surface area contributed by atoms with E-state index in [1.54, 1.807) is 36.6 Å². The number of aromatic nitrogens is 3. The van der Waals surface area contributed by atoms with Crippen LogP contribution in [-0.2, 0) is 19.5 Å². The molecular formula is C24H21N3O3. The van der Waals surface area contributed by atoms with Crippen LogP contribution in [0.3, 0.4) is 0 Å². The lowest BCUT2D eigenvalue weighted by Gasteiger charge is -2.08. The molecule has 2 aromatic carbocycles. The Kier molecular flexibility index (Phi) is 6.52. The van der Waals surface area contributed by atoms with Gasteiger partial charge in [-0.15, -0.1) is 11.8 Å². The largest absolute Gasteiger partial charge is 0.478 e.